The van der Waals surface area contributed by atoms with Crippen LogP contribution >= 0.6 is 34.5 Å². The molecule has 8 nitrogen and oxygen atoms in total. The lowest BCUT2D eigenvalue weighted by Crippen LogP contribution is -2.29. The minimum atomic E-state index is -0.989. The number of hydrogen-bond donors (Lipinski definition) is 1. The third-order valence-corrected chi connectivity index (χ3v) is 9.42. The summed E-state index contributed by atoms with van der Waals surface area (Å²) in [7, 11) is 2.04. The van der Waals surface area contributed by atoms with E-state index in [4.69, 9.17) is 42.2 Å². The van der Waals surface area contributed by atoms with Crippen molar-refractivity contribution in [2.24, 2.45) is 0 Å². The molecule has 1 N–H and O–H groups in total. The Hall–Kier alpha value is -2.85. The molecule has 0 amide bonds. The fourth-order valence-electron chi connectivity index (χ4n) is 5.43. The van der Waals surface area contributed by atoms with Gasteiger partial charge in [0.15, 0.2) is 5.13 Å². The summed E-state index contributed by atoms with van der Waals surface area (Å²) in [6, 6.07) is 8.88. The van der Waals surface area contributed by atoms with Gasteiger partial charge in [0.2, 0.25) is 0 Å². The van der Waals surface area contributed by atoms with Crippen molar-refractivity contribution in [3.8, 4) is 17.0 Å². The molecule has 2 fully saturated rings. The molecule has 0 radical (unpaired) electrons. The third kappa shape index (κ3) is 5.78. The number of thiazole rings is 1. The van der Waals surface area contributed by atoms with Gasteiger partial charge in [-0.15, -0.1) is 0 Å². The Bertz CT molecular complexity index is 1580. The Balaban J connectivity index is 1.18. The van der Waals surface area contributed by atoms with Crippen molar-refractivity contribution in [1.29, 1.82) is 0 Å². The van der Waals surface area contributed by atoms with Gasteiger partial charge in [-0.25, -0.2) is 9.78 Å². The van der Waals surface area contributed by atoms with E-state index in [0.717, 1.165) is 53.3 Å². The molecule has 216 valence electrons. The minimum Gasteiger partial charge on any atom is -0.489 e. The number of carboxylic acids is 1. The van der Waals surface area contributed by atoms with Crippen LogP contribution < -0.4 is 9.64 Å². The SMILES string of the molecule is CC(C)Oc1cc(C(=O)O)cc2sc(N(C)[C@H]3CC[C@@H](OCc4c(-c5c(Cl)cccc5Cl)noc4C4CC4)C3)nc12. The topological polar surface area (TPSA) is 97.9 Å². The van der Waals surface area contributed by atoms with Gasteiger partial charge in [-0.2, -0.15) is 0 Å². The number of halogens is 2. The van der Waals surface area contributed by atoms with Crippen LogP contribution in [0.4, 0.5) is 5.13 Å². The molecule has 11 heteroatoms. The van der Waals surface area contributed by atoms with E-state index < -0.39 is 5.97 Å². The van der Waals surface area contributed by atoms with Gasteiger partial charge in [-0.05, 0) is 70.2 Å². The van der Waals surface area contributed by atoms with E-state index in [2.05, 4.69) is 10.1 Å². The predicted molar refractivity (Wildman–Crippen MR) is 161 cm³/mol. The average molecular weight is 617 g/mol. The highest BCUT2D eigenvalue weighted by molar-refractivity contribution is 7.22. The normalized spacial score (nSPS) is 18.9. The molecule has 4 aromatic rings. The van der Waals surface area contributed by atoms with Crippen LogP contribution in [0, 0.1) is 0 Å². The first kappa shape index (κ1) is 28.3. The number of rotatable bonds is 10. The highest BCUT2D eigenvalue weighted by Crippen LogP contribution is 2.46. The number of carbonyl (C=O) groups is 1. The molecule has 0 saturated heterocycles. The quantitative estimate of drug-likeness (QED) is 0.191. The molecule has 2 heterocycles. The van der Waals surface area contributed by atoms with E-state index in [0.29, 0.717) is 45.1 Å². The van der Waals surface area contributed by atoms with Crippen molar-refractivity contribution in [2.75, 3.05) is 11.9 Å². The number of aromatic carboxylic acids is 1. The van der Waals surface area contributed by atoms with Gasteiger partial charge in [0.05, 0.1) is 39.1 Å². The highest BCUT2D eigenvalue weighted by Gasteiger charge is 2.35. The molecule has 0 aliphatic heterocycles. The number of carboxylic acid groups (broad SMARTS) is 1. The maximum absolute atomic E-state index is 11.7. The molecule has 2 aliphatic rings. The summed E-state index contributed by atoms with van der Waals surface area (Å²) in [4.78, 5) is 18.7. The van der Waals surface area contributed by atoms with Crippen molar-refractivity contribution < 1.29 is 23.9 Å². The molecule has 2 aromatic heterocycles. The van der Waals surface area contributed by atoms with Gasteiger partial charge in [-0.3, -0.25) is 0 Å². The summed E-state index contributed by atoms with van der Waals surface area (Å²) < 4.78 is 19.0. The van der Waals surface area contributed by atoms with Gasteiger partial charge in [0.25, 0.3) is 0 Å². The molecule has 41 heavy (non-hydrogen) atoms. The second-order valence-corrected chi connectivity index (χ2v) is 12.9. The maximum atomic E-state index is 11.7. The molecule has 2 aromatic carbocycles. The van der Waals surface area contributed by atoms with E-state index >= 15 is 0 Å². The lowest BCUT2D eigenvalue weighted by molar-refractivity contribution is 0.0441. The fourth-order valence-corrected chi connectivity index (χ4v) is 7.06. The monoisotopic (exact) mass is 615 g/mol. The van der Waals surface area contributed by atoms with Crippen molar-refractivity contribution in [3.05, 3.63) is 57.3 Å². The third-order valence-electron chi connectivity index (χ3n) is 7.69. The van der Waals surface area contributed by atoms with Gasteiger partial charge < -0.3 is 24.0 Å². The van der Waals surface area contributed by atoms with Gasteiger partial charge >= 0.3 is 5.97 Å². The molecular weight excluding hydrogens is 585 g/mol. The Morgan fingerprint density at radius 1 is 1.20 bits per heavy atom. The van der Waals surface area contributed by atoms with Crippen molar-refractivity contribution >= 4 is 55.9 Å². The molecule has 6 rings (SSSR count). The van der Waals surface area contributed by atoms with E-state index in [1.54, 1.807) is 24.3 Å². The number of nitrogens with zero attached hydrogens (tertiary/aromatic N) is 3. The van der Waals surface area contributed by atoms with Crippen LogP contribution in [0.3, 0.4) is 0 Å². The molecule has 0 bridgehead atoms. The average Bonchev–Trinajstić information content (AvgIpc) is 3.31. The summed E-state index contributed by atoms with van der Waals surface area (Å²) in [5, 5.41) is 15.8. The van der Waals surface area contributed by atoms with Crippen LogP contribution in [0.15, 0.2) is 34.9 Å². The Kier molecular flexibility index (Phi) is 7.89. The summed E-state index contributed by atoms with van der Waals surface area (Å²) >= 11 is 14.5. The van der Waals surface area contributed by atoms with Crippen LogP contribution in [-0.2, 0) is 11.3 Å². The van der Waals surface area contributed by atoms with Crippen LogP contribution in [0.5, 0.6) is 5.75 Å². The number of benzene rings is 2. The summed E-state index contributed by atoms with van der Waals surface area (Å²) in [5.74, 6) is 0.742. The first-order chi connectivity index (χ1) is 19.7. The first-order valence-corrected chi connectivity index (χ1v) is 15.4. The zero-order valence-electron chi connectivity index (χ0n) is 23.0. The summed E-state index contributed by atoms with van der Waals surface area (Å²) in [6.07, 6.45) is 4.83. The molecule has 2 aliphatic carbocycles. The molecule has 0 spiro atoms. The van der Waals surface area contributed by atoms with E-state index in [-0.39, 0.29) is 23.8 Å². The van der Waals surface area contributed by atoms with Crippen molar-refractivity contribution in [1.82, 2.24) is 10.1 Å². The smallest absolute Gasteiger partial charge is 0.335 e. The highest BCUT2D eigenvalue weighted by atomic mass is 35.5. The predicted octanol–water partition coefficient (Wildman–Crippen LogP) is 8.20. The zero-order valence-corrected chi connectivity index (χ0v) is 25.4. The molecule has 2 saturated carbocycles. The van der Waals surface area contributed by atoms with Crippen LogP contribution in [0.25, 0.3) is 21.5 Å². The lowest BCUT2D eigenvalue weighted by Gasteiger charge is -2.24. The molecule has 0 unspecified atom stereocenters. The number of anilines is 1. The lowest BCUT2D eigenvalue weighted by atomic mass is 10.0. The molecule has 2 atom stereocenters. The Morgan fingerprint density at radius 2 is 1.95 bits per heavy atom. The van der Waals surface area contributed by atoms with E-state index in [9.17, 15) is 9.90 Å². The zero-order chi connectivity index (χ0) is 28.8. The Morgan fingerprint density at radius 3 is 2.63 bits per heavy atom. The fraction of sp³-hybridized carbons (Fsp3) is 0.433. The second kappa shape index (κ2) is 11.4. The van der Waals surface area contributed by atoms with Gasteiger partial charge in [0, 0.05) is 30.1 Å². The summed E-state index contributed by atoms with van der Waals surface area (Å²) in [5.41, 5.74) is 3.14. The van der Waals surface area contributed by atoms with E-state index in [1.807, 2.05) is 27.0 Å². The number of fused-ring (bicyclic) bond motifs is 1. The van der Waals surface area contributed by atoms with Crippen LogP contribution in [0.1, 0.15) is 73.6 Å². The molecular formula is C30H31Cl2N3O5S. The first-order valence-electron chi connectivity index (χ1n) is 13.8. The Labute approximate surface area is 252 Å². The van der Waals surface area contributed by atoms with Crippen molar-refractivity contribution in [2.45, 2.75) is 76.7 Å². The largest absolute Gasteiger partial charge is 0.489 e. The van der Waals surface area contributed by atoms with Crippen molar-refractivity contribution in [3.63, 3.8) is 0 Å². The summed E-state index contributed by atoms with van der Waals surface area (Å²) in [6.45, 7) is 4.20. The number of ether oxygens (including phenoxy) is 2. The van der Waals surface area contributed by atoms with Crippen LogP contribution in [0.2, 0.25) is 10.0 Å². The van der Waals surface area contributed by atoms with Crippen LogP contribution in [-0.4, -0.2) is 46.5 Å². The maximum Gasteiger partial charge on any atom is 0.335 e. The number of hydrogen-bond acceptors (Lipinski definition) is 8. The standard InChI is InChI=1S/C30H31Cl2N3O5S/c1-15(2)39-23-11-17(29(36)37)12-24-27(23)33-30(41-24)35(3)18-9-10-19(13-18)38-14-20-26(34-40-28(20)16-7-8-16)25-21(31)5-4-6-22(25)32/h4-6,11-12,15-16,18-19H,7-10,13-14H2,1-3H3,(H,36,37)/t18-,19+/m0/s1. The second-order valence-electron chi connectivity index (χ2n) is 11.0. The van der Waals surface area contributed by atoms with E-state index in [1.165, 1.54) is 11.3 Å². The van der Waals surface area contributed by atoms with Gasteiger partial charge in [-0.1, -0.05) is 45.8 Å². The minimum absolute atomic E-state index is 0.0618. The van der Waals surface area contributed by atoms with Gasteiger partial charge in [0.1, 0.15) is 22.7 Å². The number of aromatic nitrogens is 2.